The fourth-order valence-electron chi connectivity index (χ4n) is 1.39. The molecule has 1 nitrogen and oxygen atoms in total. The van der Waals surface area contributed by atoms with Crippen molar-refractivity contribution in [2.45, 2.75) is 19.3 Å². The zero-order valence-corrected chi connectivity index (χ0v) is 6.36. The molecule has 1 aromatic rings. The van der Waals surface area contributed by atoms with Gasteiger partial charge in [0, 0.05) is 5.69 Å². The maximum absolute atomic E-state index is 5.71. The average molecular weight is 154 g/mol. The summed E-state index contributed by atoms with van der Waals surface area (Å²) in [4.78, 5) is 4.22. The van der Waals surface area contributed by atoms with Gasteiger partial charge in [-0.3, -0.25) is 0 Å². The van der Waals surface area contributed by atoms with Crippen molar-refractivity contribution in [2.75, 3.05) is 0 Å². The van der Waals surface area contributed by atoms with E-state index in [9.17, 15) is 0 Å². The van der Waals surface area contributed by atoms with Crippen molar-refractivity contribution in [3.63, 3.8) is 0 Å². The number of rotatable bonds is 0. The van der Waals surface area contributed by atoms with Crippen LogP contribution < -0.4 is 0 Å². The van der Waals surface area contributed by atoms with E-state index in [0.29, 0.717) is 5.15 Å². The molecule has 52 valence electrons. The summed E-state index contributed by atoms with van der Waals surface area (Å²) in [6.45, 7) is 0. The van der Waals surface area contributed by atoms with Gasteiger partial charge in [0.1, 0.15) is 5.15 Å². The second-order valence-corrected chi connectivity index (χ2v) is 2.98. The summed E-state index contributed by atoms with van der Waals surface area (Å²) in [6, 6.07) is 3.95. The molecule has 2 rings (SSSR count). The van der Waals surface area contributed by atoms with Crippen LogP contribution >= 0.6 is 11.6 Å². The Morgan fingerprint density at radius 2 is 2.20 bits per heavy atom. The summed E-state index contributed by atoms with van der Waals surface area (Å²) in [5.41, 5.74) is 2.58. The lowest BCUT2D eigenvalue weighted by atomic mass is 10.2. The predicted molar refractivity (Wildman–Crippen MR) is 41.3 cm³/mol. The van der Waals surface area contributed by atoms with Crippen molar-refractivity contribution in [2.24, 2.45) is 0 Å². The predicted octanol–water partition coefficient (Wildman–Crippen LogP) is 2.22. The Balaban J connectivity index is 2.52. The second kappa shape index (κ2) is 2.24. The number of nitrogens with zero attached hydrogens (tertiary/aromatic N) is 1. The first-order chi connectivity index (χ1) is 4.86. The Bertz CT molecular complexity index is 257. The molecule has 2 heteroatoms. The van der Waals surface area contributed by atoms with E-state index in [2.05, 4.69) is 11.1 Å². The van der Waals surface area contributed by atoms with E-state index in [0.717, 1.165) is 6.42 Å². The molecule has 0 spiro atoms. The molecule has 0 unspecified atom stereocenters. The Morgan fingerprint density at radius 1 is 1.30 bits per heavy atom. The Hall–Kier alpha value is -0.560. The minimum atomic E-state index is 0.626. The van der Waals surface area contributed by atoms with Crippen LogP contribution in [0.15, 0.2) is 12.1 Å². The molecule has 1 aromatic heterocycles. The molecular formula is C8H8ClN. The molecule has 1 heterocycles. The largest absolute Gasteiger partial charge is 0.241 e. The van der Waals surface area contributed by atoms with Gasteiger partial charge in [-0.1, -0.05) is 17.7 Å². The first-order valence-corrected chi connectivity index (χ1v) is 3.88. The van der Waals surface area contributed by atoms with E-state index >= 15 is 0 Å². The number of aryl methyl sites for hydroxylation is 2. The van der Waals surface area contributed by atoms with E-state index in [1.165, 1.54) is 24.1 Å². The number of hydrogen-bond acceptors (Lipinski definition) is 1. The molecule has 10 heavy (non-hydrogen) atoms. The van der Waals surface area contributed by atoms with Crippen LogP contribution in [0.5, 0.6) is 0 Å². The molecular weight excluding hydrogens is 146 g/mol. The third-order valence-electron chi connectivity index (χ3n) is 1.89. The summed E-state index contributed by atoms with van der Waals surface area (Å²) < 4.78 is 0. The second-order valence-electron chi connectivity index (χ2n) is 2.59. The highest BCUT2D eigenvalue weighted by Crippen LogP contribution is 2.21. The van der Waals surface area contributed by atoms with Crippen LogP contribution in [0.2, 0.25) is 5.15 Å². The number of halogens is 1. The summed E-state index contributed by atoms with van der Waals surface area (Å²) in [6.07, 6.45) is 3.53. The normalized spacial score (nSPS) is 15.3. The van der Waals surface area contributed by atoms with Gasteiger partial charge in [-0.05, 0) is 30.9 Å². The van der Waals surface area contributed by atoms with Gasteiger partial charge in [0.25, 0.3) is 0 Å². The molecule has 0 N–H and O–H groups in total. The number of aromatic nitrogens is 1. The standard InChI is InChI=1S/C8H8ClN/c9-8-5-4-6-2-1-3-7(6)10-8/h4-5H,1-3H2. The fourth-order valence-corrected chi connectivity index (χ4v) is 1.56. The van der Waals surface area contributed by atoms with Gasteiger partial charge >= 0.3 is 0 Å². The zero-order valence-electron chi connectivity index (χ0n) is 5.60. The monoisotopic (exact) mass is 153 g/mol. The molecule has 0 amide bonds. The van der Waals surface area contributed by atoms with E-state index in [1.807, 2.05) is 6.07 Å². The fraction of sp³-hybridized carbons (Fsp3) is 0.375. The van der Waals surface area contributed by atoms with Gasteiger partial charge in [-0.25, -0.2) is 4.98 Å². The summed E-state index contributed by atoms with van der Waals surface area (Å²) in [5, 5.41) is 0.626. The minimum Gasteiger partial charge on any atom is -0.241 e. The number of pyridine rings is 1. The third-order valence-corrected chi connectivity index (χ3v) is 2.10. The molecule has 0 atom stereocenters. The first kappa shape index (κ1) is 6.17. The quantitative estimate of drug-likeness (QED) is 0.521. The van der Waals surface area contributed by atoms with Gasteiger partial charge in [0.15, 0.2) is 0 Å². The third kappa shape index (κ3) is 0.907. The van der Waals surface area contributed by atoms with Crippen molar-refractivity contribution in [3.05, 3.63) is 28.5 Å². The van der Waals surface area contributed by atoms with Gasteiger partial charge < -0.3 is 0 Å². The SMILES string of the molecule is Clc1ccc2c(n1)CCC2. The van der Waals surface area contributed by atoms with Crippen molar-refractivity contribution in [1.82, 2.24) is 4.98 Å². The van der Waals surface area contributed by atoms with Crippen LogP contribution in [0.4, 0.5) is 0 Å². The lowest BCUT2D eigenvalue weighted by Crippen LogP contribution is -1.86. The summed E-state index contributed by atoms with van der Waals surface area (Å²) in [5.74, 6) is 0. The molecule has 0 fully saturated rings. The van der Waals surface area contributed by atoms with E-state index in [1.54, 1.807) is 0 Å². The first-order valence-electron chi connectivity index (χ1n) is 3.50. The molecule has 1 aliphatic rings. The Kier molecular flexibility index (Phi) is 1.38. The molecule has 0 radical (unpaired) electrons. The Labute approximate surface area is 65.0 Å². The van der Waals surface area contributed by atoms with Crippen LogP contribution in [0, 0.1) is 0 Å². The number of fused-ring (bicyclic) bond motifs is 1. The van der Waals surface area contributed by atoms with E-state index in [-0.39, 0.29) is 0 Å². The van der Waals surface area contributed by atoms with Crippen LogP contribution in [0.3, 0.4) is 0 Å². The maximum atomic E-state index is 5.71. The minimum absolute atomic E-state index is 0.626. The highest BCUT2D eigenvalue weighted by molar-refractivity contribution is 6.29. The van der Waals surface area contributed by atoms with Crippen molar-refractivity contribution < 1.29 is 0 Å². The zero-order chi connectivity index (χ0) is 6.97. The van der Waals surface area contributed by atoms with Gasteiger partial charge in [0.2, 0.25) is 0 Å². The van der Waals surface area contributed by atoms with Crippen molar-refractivity contribution >= 4 is 11.6 Å². The van der Waals surface area contributed by atoms with Crippen LogP contribution in [-0.2, 0) is 12.8 Å². The van der Waals surface area contributed by atoms with Gasteiger partial charge in [-0.15, -0.1) is 0 Å². The number of hydrogen-bond donors (Lipinski definition) is 0. The topological polar surface area (TPSA) is 12.9 Å². The maximum Gasteiger partial charge on any atom is 0.129 e. The molecule has 1 aliphatic carbocycles. The smallest absolute Gasteiger partial charge is 0.129 e. The highest BCUT2D eigenvalue weighted by Gasteiger charge is 2.11. The average Bonchev–Trinajstić information content (AvgIpc) is 2.33. The molecule has 0 aliphatic heterocycles. The summed E-state index contributed by atoms with van der Waals surface area (Å²) >= 11 is 5.71. The van der Waals surface area contributed by atoms with Crippen LogP contribution in [0.25, 0.3) is 0 Å². The summed E-state index contributed by atoms with van der Waals surface area (Å²) in [7, 11) is 0. The van der Waals surface area contributed by atoms with Crippen LogP contribution in [0.1, 0.15) is 17.7 Å². The molecule has 0 saturated heterocycles. The van der Waals surface area contributed by atoms with Gasteiger partial charge in [-0.2, -0.15) is 0 Å². The lowest BCUT2D eigenvalue weighted by Gasteiger charge is -1.95. The highest BCUT2D eigenvalue weighted by atomic mass is 35.5. The van der Waals surface area contributed by atoms with Crippen molar-refractivity contribution in [1.29, 1.82) is 0 Å². The van der Waals surface area contributed by atoms with E-state index in [4.69, 9.17) is 11.6 Å². The molecule has 0 saturated carbocycles. The van der Waals surface area contributed by atoms with Gasteiger partial charge in [0.05, 0.1) is 0 Å². The molecule has 0 bridgehead atoms. The van der Waals surface area contributed by atoms with Crippen molar-refractivity contribution in [3.8, 4) is 0 Å². The Morgan fingerprint density at radius 3 is 3.10 bits per heavy atom. The molecule has 0 aromatic carbocycles. The van der Waals surface area contributed by atoms with Crippen LogP contribution in [-0.4, -0.2) is 4.98 Å². The van der Waals surface area contributed by atoms with E-state index < -0.39 is 0 Å². The lowest BCUT2D eigenvalue weighted by molar-refractivity contribution is 0.899.